The maximum absolute atomic E-state index is 5.96. The molecule has 3 rings (SSSR count). The molecule has 0 N–H and O–H groups in total. The number of imidazole rings is 1. The molecular formula is C15H19N3O. The van der Waals surface area contributed by atoms with Crippen molar-refractivity contribution in [2.24, 2.45) is 7.05 Å². The van der Waals surface area contributed by atoms with Gasteiger partial charge in [0.2, 0.25) is 0 Å². The largest absolute Gasteiger partial charge is 0.488 e. The summed E-state index contributed by atoms with van der Waals surface area (Å²) in [5.74, 6) is 1.04. The van der Waals surface area contributed by atoms with Crippen molar-refractivity contribution in [3.8, 4) is 5.75 Å². The first-order chi connectivity index (χ1) is 9.22. The van der Waals surface area contributed by atoms with Gasteiger partial charge in [0.25, 0.3) is 0 Å². The van der Waals surface area contributed by atoms with Gasteiger partial charge in [0, 0.05) is 32.8 Å². The van der Waals surface area contributed by atoms with Crippen LogP contribution in [0.2, 0.25) is 0 Å². The van der Waals surface area contributed by atoms with Crippen LogP contribution in [0.3, 0.4) is 0 Å². The monoisotopic (exact) mass is 257 g/mol. The van der Waals surface area contributed by atoms with Gasteiger partial charge in [-0.2, -0.15) is 0 Å². The Balaban J connectivity index is 1.57. The van der Waals surface area contributed by atoms with Gasteiger partial charge in [-0.15, -0.1) is 0 Å². The van der Waals surface area contributed by atoms with Gasteiger partial charge in [-0.1, -0.05) is 18.2 Å². The molecule has 100 valence electrons. The van der Waals surface area contributed by atoms with Crippen LogP contribution in [0.25, 0.3) is 0 Å². The predicted octanol–water partition coefficient (Wildman–Crippen LogP) is 1.86. The molecule has 0 aliphatic carbocycles. The van der Waals surface area contributed by atoms with Crippen molar-refractivity contribution in [2.45, 2.75) is 19.1 Å². The maximum atomic E-state index is 5.96. The highest BCUT2D eigenvalue weighted by atomic mass is 16.5. The third-order valence-electron chi connectivity index (χ3n) is 3.58. The average Bonchev–Trinajstić information content (AvgIpc) is 2.95. The molecule has 1 aromatic carbocycles. The van der Waals surface area contributed by atoms with E-state index in [9.17, 15) is 0 Å². The lowest BCUT2D eigenvalue weighted by Crippen LogP contribution is -2.32. The van der Waals surface area contributed by atoms with Gasteiger partial charge in [-0.25, -0.2) is 4.98 Å². The molecule has 19 heavy (non-hydrogen) atoms. The van der Waals surface area contributed by atoms with Crippen LogP contribution >= 0.6 is 0 Å². The molecule has 1 atom stereocenters. The number of para-hydroxylation sites is 1. The molecule has 0 bridgehead atoms. The van der Waals surface area contributed by atoms with Gasteiger partial charge in [0.15, 0.2) is 0 Å². The lowest BCUT2D eigenvalue weighted by Gasteiger charge is -2.20. The average molecular weight is 257 g/mol. The summed E-state index contributed by atoms with van der Waals surface area (Å²) in [5, 5.41) is 0. The Bertz CT molecular complexity index is 539. The summed E-state index contributed by atoms with van der Waals surface area (Å²) in [7, 11) is 4.15. The van der Waals surface area contributed by atoms with Crippen molar-refractivity contribution < 1.29 is 4.74 Å². The van der Waals surface area contributed by atoms with E-state index >= 15 is 0 Å². The molecule has 1 aliphatic heterocycles. The van der Waals surface area contributed by atoms with Crippen LogP contribution in [0.15, 0.2) is 36.8 Å². The molecular weight excluding hydrogens is 238 g/mol. The number of aromatic nitrogens is 2. The number of nitrogens with zero attached hydrogens (tertiary/aromatic N) is 3. The number of fused-ring (bicyclic) bond motifs is 1. The van der Waals surface area contributed by atoms with Crippen molar-refractivity contribution in [3.63, 3.8) is 0 Å². The van der Waals surface area contributed by atoms with Crippen molar-refractivity contribution in [2.75, 3.05) is 13.6 Å². The van der Waals surface area contributed by atoms with Crippen LogP contribution in [-0.4, -0.2) is 34.1 Å². The Kier molecular flexibility index (Phi) is 3.25. The number of ether oxygens (including phenoxy) is 1. The minimum Gasteiger partial charge on any atom is -0.488 e. The Hall–Kier alpha value is -1.81. The molecule has 0 fully saturated rings. The van der Waals surface area contributed by atoms with E-state index in [1.807, 2.05) is 25.6 Å². The first-order valence-corrected chi connectivity index (χ1v) is 6.60. The standard InChI is InChI=1S/C15H19N3O/c1-17(9-13-8-16-11-18(13)2)10-14-7-12-5-3-4-6-15(12)19-14/h3-6,8,11,14H,7,9-10H2,1-2H3/t14-/m0/s1. The lowest BCUT2D eigenvalue weighted by atomic mass is 10.1. The summed E-state index contributed by atoms with van der Waals surface area (Å²) in [6.45, 7) is 1.83. The molecule has 0 saturated carbocycles. The number of benzene rings is 1. The number of likely N-dealkylation sites (N-methyl/N-ethyl adjacent to an activating group) is 1. The lowest BCUT2D eigenvalue weighted by molar-refractivity contribution is 0.163. The maximum Gasteiger partial charge on any atom is 0.123 e. The van der Waals surface area contributed by atoms with Crippen molar-refractivity contribution in [1.29, 1.82) is 0 Å². The first-order valence-electron chi connectivity index (χ1n) is 6.60. The highest BCUT2D eigenvalue weighted by Gasteiger charge is 2.23. The number of hydrogen-bond donors (Lipinski definition) is 0. The fraction of sp³-hybridized carbons (Fsp3) is 0.400. The van der Waals surface area contributed by atoms with Gasteiger partial charge < -0.3 is 9.30 Å². The highest BCUT2D eigenvalue weighted by molar-refractivity contribution is 5.37. The Morgan fingerprint density at radius 2 is 2.26 bits per heavy atom. The van der Waals surface area contributed by atoms with Crippen LogP contribution in [0.1, 0.15) is 11.3 Å². The number of rotatable bonds is 4. The SMILES string of the molecule is CN(Cc1cncn1C)C[C@@H]1Cc2ccccc2O1. The molecule has 2 heterocycles. The molecule has 4 nitrogen and oxygen atoms in total. The number of hydrogen-bond acceptors (Lipinski definition) is 3. The van der Waals surface area contributed by atoms with Crippen LogP contribution in [0, 0.1) is 0 Å². The predicted molar refractivity (Wildman–Crippen MR) is 74.1 cm³/mol. The third kappa shape index (κ3) is 2.63. The minimum atomic E-state index is 0.260. The fourth-order valence-corrected chi connectivity index (χ4v) is 2.58. The summed E-state index contributed by atoms with van der Waals surface area (Å²) < 4.78 is 8.02. The van der Waals surface area contributed by atoms with Gasteiger partial charge in [0.05, 0.1) is 12.0 Å². The Morgan fingerprint density at radius 1 is 1.42 bits per heavy atom. The van der Waals surface area contributed by atoms with E-state index in [0.29, 0.717) is 0 Å². The Labute approximate surface area is 113 Å². The minimum absolute atomic E-state index is 0.260. The molecule has 1 aromatic heterocycles. The molecule has 1 aliphatic rings. The fourth-order valence-electron chi connectivity index (χ4n) is 2.58. The summed E-state index contributed by atoms with van der Waals surface area (Å²) in [4.78, 5) is 6.43. The second-order valence-electron chi connectivity index (χ2n) is 5.24. The smallest absolute Gasteiger partial charge is 0.123 e. The second-order valence-corrected chi connectivity index (χ2v) is 5.24. The van der Waals surface area contributed by atoms with E-state index in [1.54, 1.807) is 0 Å². The van der Waals surface area contributed by atoms with E-state index in [1.165, 1.54) is 11.3 Å². The number of aryl methyl sites for hydroxylation is 1. The van der Waals surface area contributed by atoms with Gasteiger partial charge in [-0.05, 0) is 18.7 Å². The van der Waals surface area contributed by atoms with Gasteiger partial charge >= 0.3 is 0 Å². The molecule has 0 radical (unpaired) electrons. The van der Waals surface area contributed by atoms with Crippen molar-refractivity contribution in [1.82, 2.24) is 14.5 Å². The second kappa shape index (κ2) is 5.05. The van der Waals surface area contributed by atoms with E-state index in [4.69, 9.17) is 4.74 Å². The third-order valence-corrected chi connectivity index (χ3v) is 3.58. The first kappa shape index (κ1) is 12.2. The summed E-state index contributed by atoms with van der Waals surface area (Å²) in [6, 6.07) is 8.30. The zero-order valence-corrected chi connectivity index (χ0v) is 11.4. The highest BCUT2D eigenvalue weighted by Crippen LogP contribution is 2.28. The molecule has 0 spiro atoms. The molecule has 0 amide bonds. The van der Waals surface area contributed by atoms with Crippen molar-refractivity contribution in [3.05, 3.63) is 48.0 Å². The summed E-state index contributed by atoms with van der Waals surface area (Å²) in [5.41, 5.74) is 2.54. The van der Waals surface area contributed by atoms with E-state index in [2.05, 4.69) is 39.7 Å². The van der Waals surface area contributed by atoms with Gasteiger partial charge in [0.1, 0.15) is 11.9 Å². The van der Waals surface area contributed by atoms with Crippen molar-refractivity contribution >= 4 is 0 Å². The van der Waals surface area contributed by atoms with E-state index in [-0.39, 0.29) is 6.10 Å². The zero-order valence-electron chi connectivity index (χ0n) is 11.4. The normalized spacial score (nSPS) is 17.5. The Morgan fingerprint density at radius 3 is 3.00 bits per heavy atom. The summed E-state index contributed by atoms with van der Waals surface area (Å²) in [6.07, 6.45) is 5.02. The molecule has 2 aromatic rings. The van der Waals surface area contributed by atoms with E-state index < -0.39 is 0 Å². The van der Waals surface area contributed by atoms with Gasteiger partial charge in [-0.3, -0.25) is 4.90 Å². The van der Waals surface area contributed by atoms with Crippen LogP contribution in [0.5, 0.6) is 5.75 Å². The quantitative estimate of drug-likeness (QED) is 0.837. The van der Waals surface area contributed by atoms with Crippen LogP contribution in [-0.2, 0) is 20.0 Å². The van der Waals surface area contributed by atoms with Crippen LogP contribution < -0.4 is 4.74 Å². The molecule has 0 unspecified atom stereocenters. The molecule has 4 heteroatoms. The van der Waals surface area contributed by atoms with Crippen LogP contribution in [0.4, 0.5) is 0 Å². The zero-order chi connectivity index (χ0) is 13.2. The summed E-state index contributed by atoms with van der Waals surface area (Å²) >= 11 is 0. The molecule has 0 saturated heterocycles. The van der Waals surface area contributed by atoms with E-state index in [0.717, 1.165) is 25.3 Å². The topological polar surface area (TPSA) is 30.3 Å².